The first-order chi connectivity index (χ1) is 15.1. The highest BCUT2D eigenvalue weighted by Gasteiger charge is 2.27. The van der Waals surface area contributed by atoms with E-state index in [1.165, 1.54) is 17.1 Å². The van der Waals surface area contributed by atoms with Gasteiger partial charge in [0.1, 0.15) is 11.5 Å². The quantitative estimate of drug-likeness (QED) is 0.667. The molecule has 156 valence electrons. The Morgan fingerprint density at radius 2 is 1.74 bits per heavy atom. The molecule has 2 aromatic carbocycles. The second-order valence-electron chi connectivity index (χ2n) is 7.20. The fraction of sp³-hybridized carbons (Fsp3) is 0.167. The van der Waals surface area contributed by atoms with Crippen LogP contribution >= 0.6 is 0 Å². The van der Waals surface area contributed by atoms with Crippen LogP contribution in [0.2, 0.25) is 0 Å². The lowest BCUT2D eigenvalue weighted by atomic mass is 10.0. The maximum absolute atomic E-state index is 13.1. The number of benzene rings is 2. The van der Waals surface area contributed by atoms with Gasteiger partial charge in [0, 0.05) is 19.0 Å². The van der Waals surface area contributed by atoms with E-state index < -0.39 is 6.04 Å². The van der Waals surface area contributed by atoms with Crippen LogP contribution in [0.25, 0.3) is 0 Å². The van der Waals surface area contributed by atoms with Crippen molar-refractivity contribution in [3.05, 3.63) is 102 Å². The minimum atomic E-state index is -0.444. The first-order valence-corrected chi connectivity index (χ1v) is 9.99. The predicted octanol–water partition coefficient (Wildman–Crippen LogP) is 3.60. The average Bonchev–Trinajstić information content (AvgIpc) is 2.81. The molecule has 0 fully saturated rings. The lowest BCUT2D eigenvalue weighted by molar-refractivity contribution is -0.132. The Morgan fingerprint density at radius 3 is 2.45 bits per heavy atom. The van der Waals surface area contributed by atoms with Crippen LogP contribution in [0.5, 0.6) is 0 Å². The molecule has 0 saturated carbocycles. The van der Waals surface area contributed by atoms with Crippen LogP contribution in [0.1, 0.15) is 35.7 Å². The molecule has 1 aliphatic rings. The van der Waals surface area contributed by atoms with Crippen LogP contribution in [0.4, 0.5) is 4.39 Å². The number of hydrogen-bond donors (Lipinski definition) is 1. The number of halogens is 1. The molecule has 0 aliphatic carbocycles. The van der Waals surface area contributed by atoms with Crippen molar-refractivity contribution < 1.29 is 14.0 Å². The molecule has 3 aromatic rings. The number of hydrogen-bond acceptors (Lipinski definition) is 4. The van der Waals surface area contributed by atoms with Gasteiger partial charge in [-0.15, -0.1) is 0 Å². The molecule has 7 heteroatoms. The highest BCUT2D eigenvalue weighted by molar-refractivity contribution is 6.39. The van der Waals surface area contributed by atoms with Gasteiger partial charge in [-0.1, -0.05) is 48.5 Å². The SMILES string of the molecule is O=C(N[C@H](c1ccccc1)c1ccccn1)C1=NN(Cc2ccc(F)cc2)C(=O)CC1. The zero-order chi connectivity index (χ0) is 21.6. The maximum atomic E-state index is 13.1. The van der Waals surface area contributed by atoms with Crippen molar-refractivity contribution in [2.24, 2.45) is 5.10 Å². The maximum Gasteiger partial charge on any atom is 0.268 e. The molecule has 2 amide bonds. The van der Waals surface area contributed by atoms with Crippen molar-refractivity contribution in [1.82, 2.24) is 15.3 Å². The smallest absolute Gasteiger partial charge is 0.268 e. The zero-order valence-corrected chi connectivity index (χ0v) is 16.7. The first kappa shape index (κ1) is 20.4. The van der Waals surface area contributed by atoms with E-state index in [9.17, 15) is 14.0 Å². The van der Waals surface area contributed by atoms with Crippen LogP contribution in [-0.2, 0) is 16.1 Å². The fourth-order valence-corrected chi connectivity index (χ4v) is 3.39. The standard InChI is InChI=1S/C24H21FN4O2/c25-19-11-9-17(10-12-19)16-29-22(30)14-13-21(28-29)24(31)27-23(18-6-2-1-3-7-18)20-8-4-5-15-26-20/h1-12,15,23H,13-14,16H2,(H,27,31)/t23-/m1/s1. The first-order valence-electron chi connectivity index (χ1n) is 9.99. The van der Waals surface area contributed by atoms with Gasteiger partial charge < -0.3 is 5.32 Å². The summed E-state index contributed by atoms with van der Waals surface area (Å²) in [4.78, 5) is 29.7. The molecule has 1 aromatic heterocycles. The highest BCUT2D eigenvalue weighted by atomic mass is 19.1. The van der Waals surface area contributed by atoms with Gasteiger partial charge >= 0.3 is 0 Å². The Bertz CT molecular complexity index is 1050. The largest absolute Gasteiger partial charge is 0.338 e. The number of pyridine rings is 1. The summed E-state index contributed by atoms with van der Waals surface area (Å²) < 4.78 is 13.1. The summed E-state index contributed by atoms with van der Waals surface area (Å²) in [5.74, 6) is -0.875. The molecule has 2 heterocycles. The molecular formula is C24H21FN4O2. The Hall–Kier alpha value is -3.87. The van der Waals surface area contributed by atoms with Crippen LogP contribution in [0.3, 0.4) is 0 Å². The fourth-order valence-electron chi connectivity index (χ4n) is 3.39. The van der Waals surface area contributed by atoms with Crippen molar-refractivity contribution in [2.45, 2.75) is 25.4 Å². The molecule has 1 aliphatic heterocycles. The lowest BCUT2D eigenvalue weighted by Crippen LogP contribution is -2.40. The van der Waals surface area contributed by atoms with Gasteiger partial charge in [0.2, 0.25) is 5.91 Å². The Balaban J connectivity index is 1.55. The monoisotopic (exact) mass is 416 g/mol. The molecular weight excluding hydrogens is 395 g/mol. The van der Waals surface area contributed by atoms with E-state index in [0.717, 1.165) is 11.1 Å². The summed E-state index contributed by atoms with van der Waals surface area (Å²) >= 11 is 0. The van der Waals surface area contributed by atoms with Gasteiger partial charge in [-0.2, -0.15) is 5.10 Å². The minimum Gasteiger partial charge on any atom is -0.338 e. The summed E-state index contributed by atoms with van der Waals surface area (Å²) in [5, 5.41) is 8.57. The second-order valence-corrected chi connectivity index (χ2v) is 7.20. The third-order valence-electron chi connectivity index (χ3n) is 5.00. The van der Waals surface area contributed by atoms with E-state index in [1.807, 2.05) is 48.5 Å². The van der Waals surface area contributed by atoms with Crippen molar-refractivity contribution in [3.63, 3.8) is 0 Å². The lowest BCUT2D eigenvalue weighted by Gasteiger charge is -2.25. The van der Waals surface area contributed by atoms with E-state index >= 15 is 0 Å². The zero-order valence-electron chi connectivity index (χ0n) is 16.7. The number of rotatable bonds is 6. The number of nitrogens with one attached hydrogen (secondary N) is 1. The van der Waals surface area contributed by atoms with Gasteiger partial charge in [-0.25, -0.2) is 9.40 Å². The van der Waals surface area contributed by atoms with Crippen LogP contribution in [0, 0.1) is 5.82 Å². The molecule has 1 N–H and O–H groups in total. The normalized spacial score (nSPS) is 14.7. The topological polar surface area (TPSA) is 74.7 Å². The summed E-state index contributed by atoms with van der Waals surface area (Å²) in [5.41, 5.74) is 2.61. The molecule has 6 nitrogen and oxygen atoms in total. The minimum absolute atomic E-state index is 0.176. The summed E-state index contributed by atoms with van der Waals surface area (Å²) in [6, 6.07) is 20.5. The van der Waals surface area contributed by atoms with Gasteiger partial charge in [0.15, 0.2) is 0 Å². The van der Waals surface area contributed by atoms with Gasteiger partial charge in [-0.05, 0) is 35.4 Å². The molecule has 0 spiro atoms. The Kier molecular flexibility index (Phi) is 6.12. The van der Waals surface area contributed by atoms with E-state index in [0.29, 0.717) is 5.69 Å². The van der Waals surface area contributed by atoms with E-state index in [-0.39, 0.29) is 42.7 Å². The molecule has 4 rings (SSSR count). The van der Waals surface area contributed by atoms with Crippen molar-refractivity contribution >= 4 is 17.5 Å². The Labute approximate surface area is 179 Å². The molecule has 31 heavy (non-hydrogen) atoms. The number of hydrazone groups is 1. The van der Waals surface area contributed by atoms with E-state index in [1.54, 1.807) is 18.3 Å². The van der Waals surface area contributed by atoms with Crippen molar-refractivity contribution in [2.75, 3.05) is 0 Å². The molecule has 1 atom stereocenters. The van der Waals surface area contributed by atoms with E-state index in [4.69, 9.17) is 0 Å². The van der Waals surface area contributed by atoms with Crippen LogP contribution in [0.15, 0.2) is 84.1 Å². The number of aromatic nitrogens is 1. The van der Waals surface area contributed by atoms with Gasteiger partial charge in [0.25, 0.3) is 5.91 Å². The summed E-state index contributed by atoms with van der Waals surface area (Å²) in [6.07, 6.45) is 2.13. The van der Waals surface area contributed by atoms with Crippen LogP contribution < -0.4 is 5.32 Å². The molecule has 0 saturated heterocycles. The predicted molar refractivity (Wildman–Crippen MR) is 114 cm³/mol. The number of nitrogens with zero attached hydrogens (tertiary/aromatic N) is 3. The second kappa shape index (κ2) is 9.30. The average molecular weight is 416 g/mol. The van der Waals surface area contributed by atoms with Gasteiger partial charge in [-0.3, -0.25) is 14.6 Å². The van der Waals surface area contributed by atoms with Crippen molar-refractivity contribution in [3.8, 4) is 0 Å². The number of carbonyl (C=O) groups excluding carboxylic acids is 2. The summed E-state index contributed by atoms with van der Waals surface area (Å²) in [7, 11) is 0. The van der Waals surface area contributed by atoms with Crippen LogP contribution in [-0.4, -0.2) is 27.5 Å². The molecule has 0 bridgehead atoms. The molecule has 0 unspecified atom stereocenters. The summed E-state index contributed by atoms with van der Waals surface area (Å²) in [6.45, 7) is 0.179. The third kappa shape index (κ3) is 5.01. The van der Waals surface area contributed by atoms with Gasteiger partial charge in [0.05, 0.1) is 18.3 Å². The number of amides is 2. The highest BCUT2D eigenvalue weighted by Crippen LogP contribution is 2.21. The molecule has 0 radical (unpaired) electrons. The number of carbonyl (C=O) groups is 2. The Morgan fingerprint density at radius 1 is 1.00 bits per heavy atom. The van der Waals surface area contributed by atoms with E-state index in [2.05, 4.69) is 15.4 Å². The third-order valence-corrected chi connectivity index (χ3v) is 5.00. The van der Waals surface area contributed by atoms with Crippen molar-refractivity contribution in [1.29, 1.82) is 0 Å².